The molecule has 2 atom stereocenters. The lowest BCUT2D eigenvalue weighted by atomic mass is 10.1. The van der Waals surface area contributed by atoms with E-state index in [0.29, 0.717) is 12.2 Å². The molecule has 42 heavy (non-hydrogen) atoms. The molecule has 2 amide bonds. The molecule has 12 nitrogen and oxygen atoms in total. The lowest BCUT2D eigenvalue weighted by Gasteiger charge is -2.18. The SMILES string of the molecule is C[C@@H](NC(=O)c1ccc(Nc2nccn3c(-c4cn(CC#N)nc4C(F)(F)F)cnc23)cc1Cl)C(=O)N[C@H]1CCNC1. The molecule has 0 aliphatic carbocycles. The van der Waals surface area contributed by atoms with Gasteiger partial charge in [0, 0.05) is 36.9 Å². The van der Waals surface area contributed by atoms with Gasteiger partial charge in [0.05, 0.1) is 34.1 Å². The predicted molar refractivity (Wildman–Crippen MR) is 146 cm³/mol. The van der Waals surface area contributed by atoms with Crippen molar-refractivity contribution in [2.45, 2.75) is 38.1 Å². The minimum Gasteiger partial charge on any atom is -0.350 e. The predicted octanol–water partition coefficient (Wildman–Crippen LogP) is 3.13. The number of amides is 2. The van der Waals surface area contributed by atoms with Gasteiger partial charge < -0.3 is 21.3 Å². The van der Waals surface area contributed by atoms with Crippen LogP contribution in [0.3, 0.4) is 0 Å². The van der Waals surface area contributed by atoms with Crippen molar-refractivity contribution in [3.63, 3.8) is 0 Å². The molecule has 4 heterocycles. The number of aromatic nitrogens is 5. The average Bonchev–Trinajstić information content (AvgIpc) is 3.69. The summed E-state index contributed by atoms with van der Waals surface area (Å²) < 4.78 is 43.4. The largest absolute Gasteiger partial charge is 0.435 e. The summed E-state index contributed by atoms with van der Waals surface area (Å²) in [5, 5.41) is 24.2. The van der Waals surface area contributed by atoms with Crippen LogP contribution in [0.5, 0.6) is 0 Å². The number of nitriles is 1. The molecule has 4 N–H and O–H groups in total. The van der Waals surface area contributed by atoms with Crippen LogP contribution >= 0.6 is 11.6 Å². The molecule has 218 valence electrons. The fourth-order valence-electron chi connectivity index (χ4n) is 4.54. The minimum atomic E-state index is -4.76. The third kappa shape index (κ3) is 5.99. The number of carbonyl (C=O) groups excluding carboxylic acids is 2. The van der Waals surface area contributed by atoms with Crippen LogP contribution in [0.2, 0.25) is 5.02 Å². The minimum absolute atomic E-state index is 0.0167. The van der Waals surface area contributed by atoms with Crippen molar-refractivity contribution < 1.29 is 22.8 Å². The van der Waals surface area contributed by atoms with E-state index >= 15 is 0 Å². The number of carbonyl (C=O) groups is 2. The van der Waals surface area contributed by atoms with Crippen LogP contribution < -0.4 is 21.3 Å². The van der Waals surface area contributed by atoms with Gasteiger partial charge in [-0.1, -0.05) is 11.6 Å². The van der Waals surface area contributed by atoms with E-state index < -0.39 is 23.8 Å². The summed E-state index contributed by atoms with van der Waals surface area (Å²) in [6.07, 6.45) is 1.29. The van der Waals surface area contributed by atoms with Crippen LogP contribution in [-0.4, -0.2) is 61.1 Å². The first-order valence-corrected chi connectivity index (χ1v) is 13.2. The number of imidazole rings is 1. The first kappa shape index (κ1) is 28.8. The summed E-state index contributed by atoms with van der Waals surface area (Å²) >= 11 is 6.39. The Morgan fingerprint density at radius 1 is 1.31 bits per heavy atom. The van der Waals surface area contributed by atoms with Gasteiger partial charge in [-0.05, 0) is 38.1 Å². The second-order valence-electron chi connectivity index (χ2n) is 9.57. The summed E-state index contributed by atoms with van der Waals surface area (Å²) in [5.74, 6) is -0.625. The first-order valence-electron chi connectivity index (χ1n) is 12.8. The van der Waals surface area contributed by atoms with Gasteiger partial charge in [-0.25, -0.2) is 9.97 Å². The summed E-state index contributed by atoms with van der Waals surface area (Å²) in [4.78, 5) is 33.7. The van der Waals surface area contributed by atoms with Crippen LogP contribution in [-0.2, 0) is 17.5 Å². The monoisotopic (exact) mass is 600 g/mol. The number of benzene rings is 1. The van der Waals surface area contributed by atoms with E-state index in [1.54, 1.807) is 19.1 Å². The van der Waals surface area contributed by atoms with Gasteiger partial charge in [-0.3, -0.25) is 18.7 Å². The molecule has 1 saturated heterocycles. The number of nitrogens with zero attached hydrogens (tertiary/aromatic N) is 6. The Bertz CT molecular complexity index is 1690. The van der Waals surface area contributed by atoms with E-state index in [9.17, 15) is 22.8 Å². The maximum absolute atomic E-state index is 13.7. The van der Waals surface area contributed by atoms with Gasteiger partial charge in [0.25, 0.3) is 5.91 Å². The van der Waals surface area contributed by atoms with Crippen molar-refractivity contribution in [1.82, 2.24) is 40.1 Å². The Balaban J connectivity index is 1.34. The second kappa shape index (κ2) is 11.7. The maximum Gasteiger partial charge on any atom is 0.435 e. The average molecular weight is 601 g/mol. The summed E-state index contributed by atoms with van der Waals surface area (Å²) in [7, 11) is 0. The molecule has 1 fully saturated rings. The highest BCUT2D eigenvalue weighted by atomic mass is 35.5. The van der Waals surface area contributed by atoms with Gasteiger partial charge in [0.15, 0.2) is 17.2 Å². The lowest BCUT2D eigenvalue weighted by molar-refractivity contribution is -0.141. The molecule has 0 spiro atoms. The highest BCUT2D eigenvalue weighted by Gasteiger charge is 2.38. The third-order valence-electron chi connectivity index (χ3n) is 6.59. The molecular weight excluding hydrogens is 577 g/mol. The summed E-state index contributed by atoms with van der Waals surface area (Å²) in [6.45, 7) is 2.72. The Morgan fingerprint density at radius 2 is 2.12 bits per heavy atom. The van der Waals surface area contributed by atoms with E-state index in [2.05, 4.69) is 36.3 Å². The number of hydrogen-bond donors (Lipinski definition) is 4. The molecule has 0 bridgehead atoms. The second-order valence-corrected chi connectivity index (χ2v) is 9.98. The molecular formula is C26H24ClF3N10O2. The zero-order valence-electron chi connectivity index (χ0n) is 22.0. The van der Waals surface area contributed by atoms with E-state index in [0.717, 1.165) is 23.8 Å². The molecule has 16 heteroatoms. The zero-order valence-corrected chi connectivity index (χ0v) is 22.8. The number of fused-ring (bicyclic) bond motifs is 1. The van der Waals surface area contributed by atoms with Crippen molar-refractivity contribution in [1.29, 1.82) is 5.26 Å². The fraction of sp³-hybridized carbons (Fsp3) is 0.308. The third-order valence-corrected chi connectivity index (χ3v) is 6.90. The van der Waals surface area contributed by atoms with Crippen LogP contribution in [0.4, 0.5) is 24.7 Å². The van der Waals surface area contributed by atoms with Crippen molar-refractivity contribution in [2.75, 3.05) is 18.4 Å². The van der Waals surface area contributed by atoms with Crippen LogP contribution in [0.1, 0.15) is 29.4 Å². The Morgan fingerprint density at radius 3 is 2.81 bits per heavy atom. The topological polar surface area (TPSA) is 154 Å². The highest BCUT2D eigenvalue weighted by molar-refractivity contribution is 6.34. The number of alkyl halides is 3. The maximum atomic E-state index is 13.7. The molecule has 0 radical (unpaired) electrons. The summed E-state index contributed by atoms with van der Waals surface area (Å²) in [5.41, 5.74) is -0.507. The Hall–Kier alpha value is -4.68. The number of hydrogen-bond acceptors (Lipinski definition) is 8. The van der Waals surface area contributed by atoms with E-state index in [-0.39, 0.29) is 51.8 Å². The van der Waals surface area contributed by atoms with Gasteiger partial charge >= 0.3 is 6.18 Å². The number of anilines is 2. The molecule has 0 saturated carbocycles. The van der Waals surface area contributed by atoms with E-state index in [1.165, 1.54) is 35.1 Å². The first-order chi connectivity index (χ1) is 20.0. The van der Waals surface area contributed by atoms with Crippen molar-refractivity contribution in [3.8, 4) is 17.3 Å². The molecule has 0 unspecified atom stereocenters. The van der Waals surface area contributed by atoms with Crippen molar-refractivity contribution in [3.05, 3.63) is 59.3 Å². The highest BCUT2D eigenvalue weighted by Crippen LogP contribution is 2.37. The zero-order chi connectivity index (χ0) is 30.0. The number of rotatable bonds is 8. The van der Waals surface area contributed by atoms with Crippen LogP contribution in [0.15, 0.2) is 43.0 Å². The standard InChI is InChI=1S/C26H24ClF3N10O2/c1-14(24(41)37-16-4-6-32-11-16)35-25(42)17-3-2-15(10-19(17)27)36-22-23-34-12-20(40(23)9-7-33-22)18-13-39(8-5-31)38-21(18)26(28,29)30/h2-3,7,9-10,12-14,16,32H,4,6,8,11H2,1H3,(H,33,36)(H,35,42)(H,37,41)/t14-,16+/m1/s1. The molecule has 5 rings (SSSR count). The van der Waals surface area contributed by atoms with Crippen molar-refractivity contribution >= 4 is 40.6 Å². The van der Waals surface area contributed by atoms with Crippen LogP contribution in [0.25, 0.3) is 16.9 Å². The molecule has 1 aromatic carbocycles. The van der Waals surface area contributed by atoms with Crippen LogP contribution in [0, 0.1) is 11.3 Å². The quantitative estimate of drug-likeness (QED) is 0.241. The smallest absolute Gasteiger partial charge is 0.350 e. The molecule has 1 aliphatic heterocycles. The van der Waals surface area contributed by atoms with E-state index in [4.69, 9.17) is 16.9 Å². The van der Waals surface area contributed by atoms with Gasteiger partial charge in [-0.15, -0.1) is 0 Å². The van der Waals surface area contributed by atoms with Gasteiger partial charge in [-0.2, -0.15) is 23.5 Å². The van der Waals surface area contributed by atoms with E-state index in [1.807, 2.05) is 0 Å². The van der Waals surface area contributed by atoms with Gasteiger partial charge in [0.2, 0.25) is 5.91 Å². The summed E-state index contributed by atoms with van der Waals surface area (Å²) in [6, 6.07) is 5.53. The Labute approximate surface area is 241 Å². The lowest BCUT2D eigenvalue weighted by Crippen LogP contribution is -2.48. The Kier molecular flexibility index (Phi) is 8.01. The van der Waals surface area contributed by atoms with Crippen molar-refractivity contribution in [2.24, 2.45) is 0 Å². The molecule has 3 aromatic heterocycles. The normalized spacial score (nSPS) is 15.8. The number of nitrogens with one attached hydrogen (secondary N) is 4. The van der Waals surface area contributed by atoms with Gasteiger partial charge in [0.1, 0.15) is 12.6 Å². The fourth-order valence-corrected chi connectivity index (χ4v) is 4.80. The molecule has 1 aliphatic rings. The molecule has 4 aromatic rings. The number of halogens is 4.